The van der Waals surface area contributed by atoms with E-state index in [0.29, 0.717) is 24.2 Å². The zero-order valence-electron chi connectivity index (χ0n) is 18.1. The minimum atomic E-state index is -0.170. The van der Waals surface area contributed by atoms with Crippen LogP contribution in [0.2, 0.25) is 0 Å². The predicted octanol–water partition coefficient (Wildman–Crippen LogP) is 4.98. The van der Waals surface area contributed by atoms with E-state index < -0.39 is 0 Å². The Bertz CT molecular complexity index is 1260. The van der Waals surface area contributed by atoms with E-state index >= 15 is 0 Å². The highest BCUT2D eigenvalue weighted by Gasteiger charge is 2.21. The van der Waals surface area contributed by atoms with Gasteiger partial charge in [-0.1, -0.05) is 42.5 Å². The summed E-state index contributed by atoms with van der Waals surface area (Å²) in [5.74, 6) is -0.0208. The fraction of sp³-hybridized carbons (Fsp3) is 0.148. The Morgan fingerprint density at radius 3 is 2.42 bits per heavy atom. The largest absolute Gasteiger partial charge is 0.322 e. The van der Waals surface area contributed by atoms with E-state index in [4.69, 9.17) is 0 Å². The molecular formula is C27H24N4O2. The van der Waals surface area contributed by atoms with Gasteiger partial charge in [-0.25, -0.2) is 0 Å². The van der Waals surface area contributed by atoms with Crippen LogP contribution in [0.1, 0.15) is 28.8 Å². The maximum atomic E-state index is 13.1. The van der Waals surface area contributed by atoms with Crippen LogP contribution in [0.3, 0.4) is 0 Å². The standard InChI is InChI=1S/C27H24N4O2/c32-26-7-3-18-31(26)23-14-12-22(13-15-23)29-27(33)25-6-2-1-5-24(25)21-10-8-20(9-11-21)19-30-17-4-16-28-30/h1-2,4-6,8-17H,3,7,18-19H2,(H,29,33). The Hall–Kier alpha value is -4.19. The van der Waals surface area contributed by atoms with Crippen molar-refractivity contribution in [1.29, 1.82) is 0 Å². The normalized spacial score (nSPS) is 13.3. The summed E-state index contributed by atoms with van der Waals surface area (Å²) in [5.41, 5.74) is 5.16. The van der Waals surface area contributed by atoms with Gasteiger partial charge in [0.15, 0.2) is 0 Å². The number of rotatable bonds is 6. The quantitative estimate of drug-likeness (QED) is 0.464. The fourth-order valence-corrected chi connectivity index (χ4v) is 4.15. The van der Waals surface area contributed by atoms with Gasteiger partial charge >= 0.3 is 0 Å². The molecule has 33 heavy (non-hydrogen) atoms. The van der Waals surface area contributed by atoms with Crippen molar-refractivity contribution < 1.29 is 9.59 Å². The maximum absolute atomic E-state index is 13.1. The smallest absolute Gasteiger partial charge is 0.256 e. The topological polar surface area (TPSA) is 67.2 Å². The Morgan fingerprint density at radius 1 is 0.939 bits per heavy atom. The molecule has 1 aliphatic rings. The number of carbonyl (C=O) groups excluding carboxylic acids is 2. The molecule has 1 aromatic heterocycles. The Labute approximate surface area is 192 Å². The first kappa shape index (κ1) is 20.7. The summed E-state index contributed by atoms with van der Waals surface area (Å²) in [6, 6.07) is 25.1. The summed E-state index contributed by atoms with van der Waals surface area (Å²) in [6.45, 7) is 1.45. The molecule has 4 aromatic rings. The third-order valence-corrected chi connectivity index (χ3v) is 5.85. The van der Waals surface area contributed by atoms with Gasteiger partial charge in [0.25, 0.3) is 5.91 Å². The van der Waals surface area contributed by atoms with Crippen molar-refractivity contribution in [2.24, 2.45) is 0 Å². The van der Waals surface area contributed by atoms with Crippen LogP contribution in [0.15, 0.2) is 91.3 Å². The average molecular weight is 437 g/mol. The number of carbonyl (C=O) groups is 2. The number of amides is 2. The third-order valence-electron chi connectivity index (χ3n) is 5.85. The molecule has 0 aliphatic carbocycles. The first-order chi connectivity index (χ1) is 16.2. The van der Waals surface area contributed by atoms with Crippen molar-refractivity contribution in [3.8, 4) is 11.1 Å². The molecule has 6 heteroatoms. The number of nitrogens with zero attached hydrogens (tertiary/aromatic N) is 3. The second-order valence-corrected chi connectivity index (χ2v) is 8.10. The molecule has 3 aromatic carbocycles. The minimum absolute atomic E-state index is 0.149. The number of aromatic nitrogens is 2. The first-order valence-corrected chi connectivity index (χ1v) is 11.0. The van der Waals surface area contributed by atoms with E-state index in [2.05, 4.69) is 22.5 Å². The van der Waals surface area contributed by atoms with Gasteiger partial charge in [0.05, 0.1) is 6.54 Å². The zero-order valence-corrected chi connectivity index (χ0v) is 18.1. The van der Waals surface area contributed by atoms with Gasteiger partial charge < -0.3 is 10.2 Å². The van der Waals surface area contributed by atoms with E-state index in [1.807, 2.05) is 77.6 Å². The molecule has 0 saturated carbocycles. The fourth-order valence-electron chi connectivity index (χ4n) is 4.15. The number of anilines is 2. The van der Waals surface area contributed by atoms with E-state index in [1.54, 1.807) is 11.1 Å². The van der Waals surface area contributed by atoms with Gasteiger partial charge in [-0.05, 0) is 59.5 Å². The van der Waals surface area contributed by atoms with Crippen molar-refractivity contribution in [2.75, 3.05) is 16.8 Å². The van der Waals surface area contributed by atoms with Gasteiger partial charge in [0.2, 0.25) is 5.91 Å². The molecule has 1 fully saturated rings. The van der Waals surface area contributed by atoms with E-state index in [-0.39, 0.29) is 11.8 Å². The maximum Gasteiger partial charge on any atom is 0.256 e. The molecule has 2 amide bonds. The molecule has 0 bridgehead atoms. The third kappa shape index (κ3) is 4.55. The van der Waals surface area contributed by atoms with Gasteiger partial charge in [-0.3, -0.25) is 14.3 Å². The second kappa shape index (κ2) is 9.12. The molecule has 1 saturated heterocycles. The number of hydrogen-bond acceptors (Lipinski definition) is 3. The lowest BCUT2D eigenvalue weighted by Gasteiger charge is -2.16. The lowest BCUT2D eigenvalue weighted by molar-refractivity contribution is -0.117. The minimum Gasteiger partial charge on any atom is -0.322 e. The van der Waals surface area contributed by atoms with Crippen LogP contribution < -0.4 is 10.2 Å². The van der Waals surface area contributed by atoms with Crippen LogP contribution >= 0.6 is 0 Å². The monoisotopic (exact) mass is 436 g/mol. The molecule has 0 spiro atoms. The van der Waals surface area contributed by atoms with Crippen molar-refractivity contribution >= 4 is 23.2 Å². The van der Waals surface area contributed by atoms with Crippen LogP contribution in [0.25, 0.3) is 11.1 Å². The highest BCUT2D eigenvalue weighted by Crippen LogP contribution is 2.27. The van der Waals surface area contributed by atoms with Crippen LogP contribution in [0, 0.1) is 0 Å². The number of nitrogens with one attached hydrogen (secondary N) is 1. The van der Waals surface area contributed by atoms with Crippen molar-refractivity contribution in [2.45, 2.75) is 19.4 Å². The zero-order chi connectivity index (χ0) is 22.6. The molecule has 0 unspecified atom stereocenters. The van der Waals surface area contributed by atoms with Crippen LogP contribution in [0.5, 0.6) is 0 Å². The van der Waals surface area contributed by atoms with Crippen molar-refractivity contribution in [1.82, 2.24) is 9.78 Å². The Balaban J connectivity index is 1.32. The van der Waals surface area contributed by atoms with Crippen LogP contribution in [0.4, 0.5) is 11.4 Å². The van der Waals surface area contributed by atoms with Gasteiger partial charge in [-0.2, -0.15) is 5.10 Å². The van der Waals surface area contributed by atoms with Gasteiger partial charge in [0, 0.05) is 42.3 Å². The summed E-state index contributed by atoms with van der Waals surface area (Å²) in [5, 5.41) is 7.23. The lowest BCUT2D eigenvalue weighted by Crippen LogP contribution is -2.23. The van der Waals surface area contributed by atoms with Crippen LogP contribution in [-0.4, -0.2) is 28.1 Å². The molecule has 6 nitrogen and oxygen atoms in total. The molecule has 0 radical (unpaired) electrons. The number of hydrogen-bond donors (Lipinski definition) is 1. The summed E-state index contributed by atoms with van der Waals surface area (Å²) >= 11 is 0. The van der Waals surface area contributed by atoms with E-state index in [0.717, 1.165) is 35.3 Å². The Kier molecular flexibility index (Phi) is 5.72. The molecule has 0 atom stereocenters. The number of benzene rings is 3. The Morgan fingerprint density at radius 2 is 1.73 bits per heavy atom. The van der Waals surface area contributed by atoms with Gasteiger partial charge in [-0.15, -0.1) is 0 Å². The SMILES string of the molecule is O=C(Nc1ccc(N2CCCC2=O)cc1)c1ccccc1-c1ccc(Cn2cccn2)cc1. The van der Waals surface area contributed by atoms with E-state index in [9.17, 15) is 9.59 Å². The molecule has 2 heterocycles. The predicted molar refractivity (Wildman–Crippen MR) is 129 cm³/mol. The van der Waals surface area contributed by atoms with Gasteiger partial charge in [0.1, 0.15) is 0 Å². The van der Waals surface area contributed by atoms with E-state index in [1.165, 1.54) is 0 Å². The molecule has 164 valence electrons. The summed E-state index contributed by atoms with van der Waals surface area (Å²) < 4.78 is 1.88. The van der Waals surface area contributed by atoms with Crippen molar-refractivity contribution in [3.05, 3.63) is 102 Å². The summed E-state index contributed by atoms with van der Waals surface area (Å²) in [4.78, 5) is 26.8. The highest BCUT2D eigenvalue weighted by atomic mass is 16.2. The molecular weight excluding hydrogens is 412 g/mol. The average Bonchev–Trinajstić information content (AvgIpc) is 3.52. The van der Waals surface area contributed by atoms with Crippen molar-refractivity contribution in [3.63, 3.8) is 0 Å². The summed E-state index contributed by atoms with van der Waals surface area (Å²) in [6.07, 6.45) is 5.18. The highest BCUT2D eigenvalue weighted by molar-refractivity contribution is 6.08. The lowest BCUT2D eigenvalue weighted by atomic mass is 9.98. The molecule has 5 rings (SSSR count). The molecule has 1 aliphatic heterocycles. The summed E-state index contributed by atoms with van der Waals surface area (Å²) in [7, 11) is 0. The van der Waals surface area contributed by atoms with Crippen LogP contribution in [-0.2, 0) is 11.3 Å². The second-order valence-electron chi connectivity index (χ2n) is 8.10. The first-order valence-electron chi connectivity index (χ1n) is 11.0. The molecule has 1 N–H and O–H groups in total.